The van der Waals surface area contributed by atoms with E-state index >= 15 is 0 Å². The molecule has 0 aliphatic carbocycles. The van der Waals surface area contributed by atoms with Gasteiger partial charge in [-0.1, -0.05) is 25.9 Å². The van der Waals surface area contributed by atoms with Crippen LogP contribution in [0.5, 0.6) is 0 Å². The van der Waals surface area contributed by atoms with Gasteiger partial charge in [0.25, 0.3) is 0 Å². The Hall–Kier alpha value is -2.24. The molecular formula is C12H13N5O. The van der Waals surface area contributed by atoms with Crippen molar-refractivity contribution in [3.63, 3.8) is 0 Å². The van der Waals surface area contributed by atoms with E-state index in [-0.39, 0.29) is 5.41 Å². The summed E-state index contributed by atoms with van der Waals surface area (Å²) in [6.45, 7) is 6.24. The molecule has 3 aromatic heterocycles. The monoisotopic (exact) mass is 243 g/mol. The van der Waals surface area contributed by atoms with Crippen molar-refractivity contribution in [1.82, 2.24) is 25.1 Å². The van der Waals surface area contributed by atoms with Gasteiger partial charge in [-0.25, -0.2) is 15.0 Å². The third-order valence-electron chi connectivity index (χ3n) is 2.70. The Morgan fingerprint density at radius 1 is 1.28 bits per heavy atom. The predicted molar refractivity (Wildman–Crippen MR) is 65.9 cm³/mol. The molecular weight excluding hydrogens is 230 g/mol. The van der Waals surface area contributed by atoms with E-state index in [1.807, 2.05) is 0 Å². The third kappa shape index (κ3) is 1.66. The van der Waals surface area contributed by atoms with Crippen LogP contribution in [0.2, 0.25) is 0 Å². The van der Waals surface area contributed by atoms with Crippen LogP contribution in [0.1, 0.15) is 26.5 Å². The molecule has 0 atom stereocenters. The molecule has 1 N–H and O–H groups in total. The van der Waals surface area contributed by atoms with Gasteiger partial charge in [-0.15, -0.1) is 0 Å². The minimum atomic E-state index is -0.104. The first-order chi connectivity index (χ1) is 8.55. The fourth-order valence-electron chi connectivity index (χ4n) is 1.84. The molecule has 0 aliphatic rings. The first-order valence-electron chi connectivity index (χ1n) is 5.66. The number of nitrogens with zero attached hydrogens (tertiary/aromatic N) is 4. The van der Waals surface area contributed by atoms with Crippen molar-refractivity contribution in [2.75, 3.05) is 0 Å². The molecule has 18 heavy (non-hydrogen) atoms. The van der Waals surface area contributed by atoms with Gasteiger partial charge in [0.15, 0.2) is 5.65 Å². The largest absolute Gasteiger partial charge is 0.364 e. The number of imidazole rings is 1. The number of fused-ring (bicyclic) bond motifs is 1. The minimum Gasteiger partial charge on any atom is -0.364 e. The van der Waals surface area contributed by atoms with Gasteiger partial charge < -0.3 is 9.51 Å². The summed E-state index contributed by atoms with van der Waals surface area (Å²) >= 11 is 0. The number of hydrogen-bond acceptors (Lipinski definition) is 5. The van der Waals surface area contributed by atoms with E-state index in [9.17, 15) is 0 Å². The zero-order valence-electron chi connectivity index (χ0n) is 10.4. The quantitative estimate of drug-likeness (QED) is 0.709. The van der Waals surface area contributed by atoms with Crippen LogP contribution in [-0.2, 0) is 5.41 Å². The molecule has 3 rings (SSSR count). The van der Waals surface area contributed by atoms with Gasteiger partial charge >= 0.3 is 0 Å². The topological polar surface area (TPSA) is 80.5 Å². The van der Waals surface area contributed by atoms with Gasteiger partial charge in [0.2, 0.25) is 0 Å². The predicted octanol–water partition coefficient (Wildman–Crippen LogP) is 2.31. The van der Waals surface area contributed by atoms with Crippen LogP contribution in [-0.4, -0.2) is 25.1 Å². The number of H-pyrrole nitrogens is 1. The summed E-state index contributed by atoms with van der Waals surface area (Å²) in [6.07, 6.45) is 4.78. The lowest BCUT2D eigenvalue weighted by Crippen LogP contribution is -2.13. The third-order valence-corrected chi connectivity index (χ3v) is 2.70. The Morgan fingerprint density at radius 3 is 2.83 bits per heavy atom. The minimum absolute atomic E-state index is 0.104. The van der Waals surface area contributed by atoms with Crippen molar-refractivity contribution >= 4 is 11.2 Å². The van der Waals surface area contributed by atoms with Crippen LogP contribution in [0.15, 0.2) is 23.3 Å². The van der Waals surface area contributed by atoms with Gasteiger partial charge in [0.05, 0.1) is 17.5 Å². The molecule has 0 spiro atoms. The maximum Gasteiger partial charge on any atom is 0.181 e. The Labute approximate surface area is 103 Å². The summed E-state index contributed by atoms with van der Waals surface area (Å²) < 4.78 is 5.08. The van der Waals surface area contributed by atoms with Gasteiger partial charge in [0, 0.05) is 5.41 Å². The van der Waals surface area contributed by atoms with Gasteiger partial charge in [-0.05, 0) is 0 Å². The molecule has 0 fully saturated rings. The maximum absolute atomic E-state index is 5.08. The SMILES string of the molecule is CC(C)(C)c1nocc1-c1nc2ncncc2[nH]1. The van der Waals surface area contributed by atoms with E-state index < -0.39 is 0 Å². The number of aromatic amines is 1. The highest BCUT2D eigenvalue weighted by Crippen LogP contribution is 2.30. The number of hydrogen-bond donors (Lipinski definition) is 1. The van der Waals surface area contributed by atoms with Crippen molar-refractivity contribution in [3.8, 4) is 11.4 Å². The molecule has 0 aliphatic heterocycles. The second-order valence-electron chi connectivity index (χ2n) is 5.17. The van der Waals surface area contributed by atoms with E-state index in [1.54, 1.807) is 12.5 Å². The fourth-order valence-corrected chi connectivity index (χ4v) is 1.84. The molecule has 6 heteroatoms. The smallest absolute Gasteiger partial charge is 0.181 e. The second kappa shape index (κ2) is 3.63. The highest BCUT2D eigenvalue weighted by molar-refractivity contribution is 5.75. The zero-order valence-corrected chi connectivity index (χ0v) is 10.4. The van der Waals surface area contributed by atoms with Crippen LogP contribution in [0.25, 0.3) is 22.6 Å². The molecule has 6 nitrogen and oxygen atoms in total. The first-order valence-corrected chi connectivity index (χ1v) is 5.66. The van der Waals surface area contributed by atoms with Crippen LogP contribution < -0.4 is 0 Å². The molecule has 92 valence electrons. The standard InChI is InChI=1S/C12H13N5O/c1-12(2,3)9-7(5-18-17-9)10-15-8-4-13-6-14-11(8)16-10/h4-6H,1-3H3,(H,13,14,15,16). The zero-order chi connectivity index (χ0) is 12.8. The van der Waals surface area contributed by atoms with E-state index in [0.717, 1.165) is 16.8 Å². The molecule has 0 radical (unpaired) electrons. The summed E-state index contributed by atoms with van der Waals surface area (Å²) in [6, 6.07) is 0. The number of nitrogens with one attached hydrogen (secondary N) is 1. The highest BCUT2D eigenvalue weighted by Gasteiger charge is 2.24. The maximum atomic E-state index is 5.08. The van der Waals surface area contributed by atoms with Gasteiger partial charge in [-0.2, -0.15) is 0 Å². The molecule has 0 aromatic carbocycles. The lowest BCUT2D eigenvalue weighted by Gasteiger charge is -2.15. The van der Waals surface area contributed by atoms with Crippen molar-refractivity contribution in [1.29, 1.82) is 0 Å². The van der Waals surface area contributed by atoms with Crippen LogP contribution in [0.4, 0.5) is 0 Å². The molecule has 0 amide bonds. The Kier molecular flexibility index (Phi) is 2.19. The molecule has 3 heterocycles. The average molecular weight is 243 g/mol. The lowest BCUT2D eigenvalue weighted by molar-refractivity contribution is 0.393. The van der Waals surface area contributed by atoms with E-state index in [0.29, 0.717) is 11.5 Å². The number of rotatable bonds is 1. The van der Waals surface area contributed by atoms with E-state index in [1.165, 1.54) is 6.33 Å². The Morgan fingerprint density at radius 2 is 2.11 bits per heavy atom. The Balaban J connectivity index is 2.18. The first kappa shape index (κ1) is 10.9. The van der Waals surface area contributed by atoms with Gasteiger partial charge in [-0.3, -0.25) is 0 Å². The second-order valence-corrected chi connectivity index (χ2v) is 5.17. The van der Waals surface area contributed by atoms with Gasteiger partial charge in [0.1, 0.15) is 23.9 Å². The summed E-state index contributed by atoms with van der Waals surface area (Å²) in [7, 11) is 0. The van der Waals surface area contributed by atoms with Crippen molar-refractivity contribution < 1.29 is 4.52 Å². The molecule has 0 bridgehead atoms. The summed E-state index contributed by atoms with van der Waals surface area (Å²) in [4.78, 5) is 15.7. The van der Waals surface area contributed by atoms with Crippen LogP contribution in [0.3, 0.4) is 0 Å². The molecule has 0 saturated heterocycles. The Bertz CT molecular complexity index is 659. The van der Waals surface area contributed by atoms with Crippen molar-refractivity contribution in [3.05, 3.63) is 24.5 Å². The fraction of sp³-hybridized carbons (Fsp3) is 0.333. The lowest BCUT2D eigenvalue weighted by atomic mass is 9.89. The summed E-state index contributed by atoms with van der Waals surface area (Å²) in [5.41, 5.74) is 3.07. The molecule has 3 aromatic rings. The molecule has 0 saturated carbocycles. The van der Waals surface area contributed by atoms with Crippen LogP contribution >= 0.6 is 0 Å². The van der Waals surface area contributed by atoms with Crippen molar-refractivity contribution in [2.45, 2.75) is 26.2 Å². The highest BCUT2D eigenvalue weighted by atomic mass is 16.5. The normalized spacial score (nSPS) is 12.2. The molecule has 0 unspecified atom stereocenters. The van der Waals surface area contributed by atoms with Crippen LogP contribution in [0, 0.1) is 0 Å². The van der Waals surface area contributed by atoms with E-state index in [4.69, 9.17) is 4.52 Å². The summed E-state index contributed by atoms with van der Waals surface area (Å²) in [5.74, 6) is 0.705. The average Bonchev–Trinajstić information content (AvgIpc) is 2.94. The number of aromatic nitrogens is 5. The van der Waals surface area contributed by atoms with Crippen molar-refractivity contribution in [2.24, 2.45) is 0 Å². The summed E-state index contributed by atoms with van der Waals surface area (Å²) in [5, 5.41) is 4.06. The van der Waals surface area contributed by atoms with E-state index in [2.05, 4.69) is 45.9 Å².